The number of benzene rings is 1. The van der Waals surface area contributed by atoms with Crippen molar-refractivity contribution in [3.8, 4) is 0 Å². The van der Waals surface area contributed by atoms with E-state index in [0.717, 1.165) is 6.42 Å². The third-order valence-electron chi connectivity index (χ3n) is 5.22. The topological polar surface area (TPSA) is 109 Å². The summed E-state index contributed by atoms with van der Waals surface area (Å²) in [5, 5.41) is 4.69. The van der Waals surface area contributed by atoms with Crippen LogP contribution in [0.25, 0.3) is 0 Å². The van der Waals surface area contributed by atoms with Crippen molar-refractivity contribution in [2.75, 3.05) is 29.9 Å². The fraction of sp³-hybridized carbons (Fsp3) is 0.381. The van der Waals surface area contributed by atoms with Gasteiger partial charge in [-0.2, -0.15) is 0 Å². The number of nitrogens with zero attached hydrogens (tertiary/aromatic N) is 3. The summed E-state index contributed by atoms with van der Waals surface area (Å²) in [5.41, 5.74) is 1.35. The van der Waals surface area contributed by atoms with Crippen LogP contribution in [-0.2, 0) is 25.5 Å². The van der Waals surface area contributed by atoms with Crippen LogP contribution in [0.2, 0.25) is 0 Å². The van der Waals surface area contributed by atoms with Gasteiger partial charge >= 0.3 is 5.97 Å². The van der Waals surface area contributed by atoms with Crippen molar-refractivity contribution >= 4 is 45.8 Å². The second-order valence-electron chi connectivity index (χ2n) is 7.27. The van der Waals surface area contributed by atoms with Crippen molar-refractivity contribution < 1.29 is 23.9 Å². The number of anilines is 2. The van der Waals surface area contributed by atoms with Crippen LogP contribution in [0.15, 0.2) is 29.6 Å². The van der Waals surface area contributed by atoms with Gasteiger partial charge in [0.15, 0.2) is 5.13 Å². The molecule has 2 aliphatic rings. The highest BCUT2D eigenvalue weighted by Crippen LogP contribution is 2.32. The second-order valence-corrected chi connectivity index (χ2v) is 8.13. The first kappa shape index (κ1) is 21.0. The number of para-hydroxylation sites is 1. The van der Waals surface area contributed by atoms with Gasteiger partial charge in [0.1, 0.15) is 12.6 Å². The van der Waals surface area contributed by atoms with Gasteiger partial charge < -0.3 is 19.9 Å². The van der Waals surface area contributed by atoms with Crippen LogP contribution in [-0.4, -0.2) is 59.3 Å². The molecule has 9 nitrogen and oxygen atoms in total. The minimum Gasteiger partial charge on any atom is -0.466 e. The van der Waals surface area contributed by atoms with E-state index in [-0.39, 0.29) is 30.7 Å². The van der Waals surface area contributed by atoms with Crippen molar-refractivity contribution in [3.63, 3.8) is 0 Å². The first-order valence-corrected chi connectivity index (χ1v) is 11.0. The maximum Gasteiger partial charge on any atom is 0.311 e. The number of thiazole rings is 1. The highest BCUT2D eigenvalue weighted by atomic mass is 32.1. The number of hydrogen-bond acceptors (Lipinski definition) is 7. The highest BCUT2D eigenvalue weighted by molar-refractivity contribution is 7.13. The molecule has 2 aromatic rings. The molecule has 0 unspecified atom stereocenters. The Morgan fingerprint density at radius 3 is 2.90 bits per heavy atom. The summed E-state index contributed by atoms with van der Waals surface area (Å²) in [4.78, 5) is 57.6. The average Bonchev–Trinajstić information content (AvgIpc) is 3.39. The molecule has 162 valence electrons. The van der Waals surface area contributed by atoms with Gasteiger partial charge in [0, 0.05) is 11.9 Å². The van der Waals surface area contributed by atoms with Crippen molar-refractivity contribution in [3.05, 3.63) is 40.9 Å². The zero-order chi connectivity index (χ0) is 22.0. The van der Waals surface area contributed by atoms with E-state index >= 15 is 0 Å². The molecule has 3 heterocycles. The maximum atomic E-state index is 13.2. The molecule has 0 spiro atoms. The van der Waals surface area contributed by atoms with E-state index in [4.69, 9.17) is 4.74 Å². The summed E-state index contributed by atoms with van der Waals surface area (Å²) in [6.07, 6.45) is 1.37. The van der Waals surface area contributed by atoms with E-state index < -0.39 is 11.9 Å². The van der Waals surface area contributed by atoms with Gasteiger partial charge in [0.2, 0.25) is 11.8 Å². The average molecular weight is 442 g/mol. The predicted octanol–water partition coefficient (Wildman–Crippen LogP) is 1.84. The Hall–Kier alpha value is -3.27. The van der Waals surface area contributed by atoms with Crippen LogP contribution < -0.4 is 10.2 Å². The van der Waals surface area contributed by atoms with Gasteiger partial charge in [-0.15, -0.1) is 11.3 Å². The van der Waals surface area contributed by atoms with Gasteiger partial charge in [0.05, 0.1) is 30.0 Å². The van der Waals surface area contributed by atoms with Crippen LogP contribution in [0.1, 0.15) is 35.8 Å². The van der Waals surface area contributed by atoms with Crippen LogP contribution >= 0.6 is 11.3 Å². The van der Waals surface area contributed by atoms with Crippen molar-refractivity contribution in [2.24, 2.45) is 0 Å². The Morgan fingerprint density at radius 2 is 2.10 bits per heavy atom. The van der Waals surface area contributed by atoms with E-state index in [2.05, 4.69) is 10.3 Å². The summed E-state index contributed by atoms with van der Waals surface area (Å²) in [6.45, 7) is 2.32. The molecule has 1 N–H and O–H groups in total. The van der Waals surface area contributed by atoms with Crippen LogP contribution in [0, 0.1) is 0 Å². The zero-order valence-corrected chi connectivity index (χ0v) is 17.8. The third kappa shape index (κ3) is 4.29. The van der Waals surface area contributed by atoms with Gasteiger partial charge in [0.25, 0.3) is 5.91 Å². The molecule has 2 aliphatic heterocycles. The summed E-state index contributed by atoms with van der Waals surface area (Å²) in [6, 6.07) is 6.30. The van der Waals surface area contributed by atoms with E-state index in [1.165, 1.54) is 16.2 Å². The van der Waals surface area contributed by atoms with Crippen molar-refractivity contribution in [1.82, 2.24) is 9.88 Å². The lowest BCUT2D eigenvalue weighted by Gasteiger charge is -2.25. The molecule has 0 saturated carbocycles. The standard InChI is InChI=1S/C21H22N4O5S/c1-2-30-18(27)10-13-12-31-21(22-13)23-17(26)11-25-15-7-4-3-6-14(15)19(28)24-9-5-8-16(24)20(25)29/h3-4,6-7,12,16H,2,5,8-11H2,1H3,(H,22,23,26)/t16-/m0/s1. The molecule has 10 heteroatoms. The van der Waals surface area contributed by atoms with E-state index in [1.54, 1.807) is 41.5 Å². The summed E-state index contributed by atoms with van der Waals surface area (Å²) >= 11 is 1.19. The monoisotopic (exact) mass is 442 g/mol. The third-order valence-corrected chi connectivity index (χ3v) is 6.03. The largest absolute Gasteiger partial charge is 0.466 e. The smallest absolute Gasteiger partial charge is 0.311 e. The summed E-state index contributed by atoms with van der Waals surface area (Å²) < 4.78 is 4.90. The fourth-order valence-electron chi connectivity index (χ4n) is 3.88. The molecule has 1 aromatic carbocycles. The number of rotatable bonds is 6. The molecule has 3 amide bonds. The van der Waals surface area contributed by atoms with Gasteiger partial charge in [-0.05, 0) is 31.9 Å². The Kier molecular flexibility index (Phi) is 5.99. The molecule has 1 aromatic heterocycles. The molecular formula is C21H22N4O5S. The van der Waals surface area contributed by atoms with Crippen molar-refractivity contribution in [2.45, 2.75) is 32.2 Å². The summed E-state index contributed by atoms with van der Waals surface area (Å²) in [5.74, 6) is -1.26. The molecule has 0 bridgehead atoms. The Labute approximate surface area is 183 Å². The second kappa shape index (κ2) is 8.84. The SMILES string of the molecule is CCOC(=O)Cc1csc(NC(=O)CN2C(=O)[C@@H]3CCCN3C(=O)c3ccccc32)n1. The lowest BCUT2D eigenvalue weighted by Crippen LogP contribution is -2.47. The molecule has 31 heavy (non-hydrogen) atoms. The molecule has 4 rings (SSSR count). The van der Waals surface area contributed by atoms with Gasteiger partial charge in [-0.3, -0.25) is 19.2 Å². The molecule has 1 saturated heterocycles. The zero-order valence-electron chi connectivity index (χ0n) is 17.0. The number of aromatic nitrogens is 1. The Bertz CT molecular complexity index is 1040. The number of fused-ring (bicyclic) bond motifs is 2. The molecule has 1 atom stereocenters. The molecular weight excluding hydrogens is 420 g/mol. The first-order chi connectivity index (χ1) is 15.0. The number of nitrogens with one attached hydrogen (secondary N) is 1. The normalized spacial score (nSPS) is 17.8. The number of hydrogen-bond donors (Lipinski definition) is 1. The predicted molar refractivity (Wildman–Crippen MR) is 114 cm³/mol. The van der Waals surface area contributed by atoms with Crippen LogP contribution in [0.4, 0.5) is 10.8 Å². The Morgan fingerprint density at radius 1 is 1.29 bits per heavy atom. The van der Waals surface area contributed by atoms with Gasteiger partial charge in [-0.25, -0.2) is 4.98 Å². The lowest BCUT2D eigenvalue weighted by molar-refractivity contribution is -0.142. The quantitative estimate of drug-likeness (QED) is 0.684. The minimum absolute atomic E-state index is 0.0256. The first-order valence-electron chi connectivity index (χ1n) is 10.1. The number of carbonyl (C=O) groups excluding carboxylic acids is 4. The number of ether oxygens (including phenoxy) is 1. The van der Waals surface area contributed by atoms with Crippen LogP contribution in [0.3, 0.4) is 0 Å². The number of esters is 1. The van der Waals surface area contributed by atoms with E-state index in [9.17, 15) is 19.2 Å². The fourth-order valence-corrected chi connectivity index (χ4v) is 4.61. The molecule has 1 fully saturated rings. The van der Waals surface area contributed by atoms with Gasteiger partial charge in [-0.1, -0.05) is 12.1 Å². The van der Waals surface area contributed by atoms with Crippen LogP contribution in [0.5, 0.6) is 0 Å². The maximum absolute atomic E-state index is 13.2. The minimum atomic E-state index is -0.552. The summed E-state index contributed by atoms with van der Waals surface area (Å²) in [7, 11) is 0. The molecule has 0 aliphatic carbocycles. The number of amides is 3. The highest BCUT2D eigenvalue weighted by Gasteiger charge is 2.42. The lowest BCUT2D eigenvalue weighted by atomic mass is 10.1. The molecule has 0 radical (unpaired) electrons. The van der Waals surface area contributed by atoms with E-state index in [1.807, 2.05) is 0 Å². The number of carbonyl (C=O) groups is 4. The van der Waals surface area contributed by atoms with Crippen molar-refractivity contribution in [1.29, 1.82) is 0 Å². The van der Waals surface area contributed by atoms with E-state index in [0.29, 0.717) is 41.6 Å². The Balaban J connectivity index is 1.50.